The second-order valence-corrected chi connectivity index (χ2v) is 5.58. The molecule has 6 nitrogen and oxygen atoms in total. The molecule has 0 aliphatic carbocycles. The largest absolute Gasteiger partial charge is 0.344 e. The number of para-hydroxylation sites is 1. The molecular formula is C14H16N4O2S. The van der Waals surface area contributed by atoms with Gasteiger partial charge in [0, 0.05) is 19.8 Å². The average Bonchev–Trinajstić information content (AvgIpc) is 2.79. The van der Waals surface area contributed by atoms with Crippen LogP contribution in [0.25, 0.3) is 0 Å². The van der Waals surface area contributed by atoms with Crippen LogP contribution in [-0.4, -0.2) is 35.9 Å². The molecule has 21 heavy (non-hydrogen) atoms. The molecule has 0 saturated carbocycles. The molecule has 1 heterocycles. The van der Waals surface area contributed by atoms with E-state index in [2.05, 4.69) is 15.6 Å². The summed E-state index contributed by atoms with van der Waals surface area (Å²) in [4.78, 5) is 30.0. The molecule has 0 radical (unpaired) electrons. The Kier molecular flexibility index (Phi) is 4.54. The van der Waals surface area contributed by atoms with E-state index in [0.29, 0.717) is 21.4 Å². The topological polar surface area (TPSA) is 74.3 Å². The molecule has 0 spiro atoms. The van der Waals surface area contributed by atoms with E-state index in [9.17, 15) is 9.59 Å². The Morgan fingerprint density at radius 1 is 1.14 bits per heavy atom. The summed E-state index contributed by atoms with van der Waals surface area (Å²) < 4.78 is 0. The van der Waals surface area contributed by atoms with Crippen LogP contribution in [-0.2, 0) is 0 Å². The standard InChI is InChI=1S/C14H16N4O2S/c1-9-11(12(19)18(2)3)21-14(15-9)17-13(20)16-10-7-5-4-6-8-10/h4-8H,1-3H3,(H2,15,16,17,20). The zero-order valence-corrected chi connectivity index (χ0v) is 12.8. The first-order valence-corrected chi connectivity index (χ1v) is 7.11. The fourth-order valence-electron chi connectivity index (χ4n) is 1.63. The normalized spacial score (nSPS) is 10.0. The number of carbonyl (C=O) groups excluding carboxylic acids is 2. The number of hydrogen-bond acceptors (Lipinski definition) is 4. The van der Waals surface area contributed by atoms with Gasteiger partial charge >= 0.3 is 6.03 Å². The third-order valence-corrected chi connectivity index (χ3v) is 3.71. The SMILES string of the molecule is Cc1nc(NC(=O)Nc2ccccc2)sc1C(=O)N(C)C. The number of urea groups is 1. The lowest BCUT2D eigenvalue weighted by Gasteiger charge is -2.07. The minimum absolute atomic E-state index is 0.124. The number of amides is 3. The zero-order valence-electron chi connectivity index (χ0n) is 12.0. The summed E-state index contributed by atoms with van der Waals surface area (Å²) in [7, 11) is 3.35. The fourth-order valence-corrected chi connectivity index (χ4v) is 2.62. The second kappa shape index (κ2) is 6.36. The highest BCUT2D eigenvalue weighted by molar-refractivity contribution is 7.17. The number of nitrogens with one attached hydrogen (secondary N) is 2. The monoisotopic (exact) mass is 304 g/mol. The van der Waals surface area contributed by atoms with Gasteiger partial charge < -0.3 is 10.2 Å². The van der Waals surface area contributed by atoms with Crippen molar-refractivity contribution in [3.8, 4) is 0 Å². The number of nitrogens with zero attached hydrogens (tertiary/aromatic N) is 2. The first kappa shape index (κ1) is 15.0. The van der Waals surface area contributed by atoms with Crippen LogP contribution in [0.1, 0.15) is 15.4 Å². The summed E-state index contributed by atoms with van der Waals surface area (Å²) in [6, 6.07) is 8.71. The predicted molar refractivity (Wildman–Crippen MR) is 84.0 cm³/mol. The molecule has 2 aromatic rings. The Labute approximate surface area is 126 Å². The lowest BCUT2D eigenvalue weighted by Crippen LogP contribution is -2.21. The fraction of sp³-hybridized carbons (Fsp3) is 0.214. The number of thiazole rings is 1. The molecule has 0 unspecified atom stereocenters. The van der Waals surface area contributed by atoms with Gasteiger partial charge in [0.1, 0.15) is 4.88 Å². The molecular weight excluding hydrogens is 288 g/mol. The summed E-state index contributed by atoms with van der Waals surface area (Å²) in [6.45, 7) is 1.74. The molecule has 0 bridgehead atoms. The predicted octanol–water partition coefficient (Wildman–Crippen LogP) is 2.80. The highest BCUT2D eigenvalue weighted by Crippen LogP contribution is 2.23. The van der Waals surface area contributed by atoms with E-state index in [1.807, 2.05) is 18.2 Å². The highest BCUT2D eigenvalue weighted by Gasteiger charge is 2.17. The Morgan fingerprint density at radius 2 is 1.81 bits per heavy atom. The van der Waals surface area contributed by atoms with Gasteiger partial charge in [-0.25, -0.2) is 9.78 Å². The Bertz CT molecular complexity index is 652. The molecule has 0 aliphatic heterocycles. The van der Waals surface area contributed by atoms with Crippen LogP contribution in [0.5, 0.6) is 0 Å². The first-order chi connectivity index (χ1) is 9.97. The molecule has 2 N–H and O–H groups in total. The van der Waals surface area contributed by atoms with E-state index in [4.69, 9.17) is 0 Å². The number of hydrogen-bond donors (Lipinski definition) is 2. The van der Waals surface area contributed by atoms with Gasteiger partial charge in [0.15, 0.2) is 5.13 Å². The minimum Gasteiger partial charge on any atom is -0.344 e. The summed E-state index contributed by atoms with van der Waals surface area (Å²) >= 11 is 1.16. The number of rotatable bonds is 3. The van der Waals surface area contributed by atoms with E-state index >= 15 is 0 Å². The van der Waals surface area contributed by atoms with Crippen LogP contribution in [0.15, 0.2) is 30.3 Å². The van der Waals surface area contributed by atoms with Crippen LogP contribution in [0.4, 0.5) is 15.6 Å². The number of aromatic nitrogens is 1. The van der Waals surface area contributed by atoms with Crippen LogP contribution < -0.4 is 10.6 Å². The first-order valence-electron chi connectivity index (χ1n) is 6.29. The van der Waals surface area contributed by atoms with Gasteiger partial charge in [-0.3, -0.25) is 10.1 Å². The maximum absolute atomic E-state index is 11.9. The van der Waals surface area contributed by atoms with Crippen LogP contribution in [0.2, 0.25) is 0 Å². The van der Waals surface area contributed by atoms with Gasteiger partial charge in [-0.2, -0.15) is 0 Å². The number of benzene rings is 1. The number of carbonyl (C=O) groups is 2. The van der Waals surface area contributed by atoms with Crippen molar-refractivity contribution >= 4 is 34.1 Å². The summed E-state index contributed by atoms with van der Waals surface area (Å²) in [5, 5.41) is 5.72. The molecule has 0 aliphatic rings. The second-order valence-electron chi connectivity index (χ2n) is 4.58. The van der Waals surface area contributed by atoms with Crippen molar-refractivity contribution < 1.29 is 9.59 Å². The van der Waals surface area contributed by atoms with Crippen molar-refractivity contribution in [1.29, 1.82) is 0 Å². The Hall–Kier alpha value is -2.41. The van der Waals surface area contributed by atoms with E-state index in [0.717, 1.165) is 11.3 Å². The molecule has 7 heteroatoms. The Balaban J connectivity index is 2.05. The van der Waals surface area contributed by atoms with Gasteiger partial charge in [0.05, 0.1) is 5.69 Å². The molecule has 2 rings (SSSR count). The lowest BCUT2D eigenvalue weighted by atomic mass is 10.3. The third-order valence-electron chi connectivity index (χ3n) is 2.65. The summed E-state index contributed by atoms with van der Waals surface area (Å²) in [5.74, 6) is -0.124. The molecule has 1 aromatic heterocycles. The van der Waals surface area contributed by atoms with Crippen molar-refractivity contribution in [3.63, 3.8) is 0 Å². The van der Waals surface area contributed by atoms with Crippen molar-refractivity contribution in [2.45, 2.75) is 6.92 Å². The van der Waals surface area contributed by atoms with Gasteiger partial charge in [0.25, 0.3) is 5.91 Å². The highest BCUT2D eigenvalue weighted by atomic mass is 32.1. The molecule has 0 fully saturated rings. The van der Waals surface area contributed by atoms with Crippen molar-refractivity contribution in [1.82, 2.24) is 9.88 Å². The number of aryl methyl sites for hydroxylation is 1. The summed E-state index contributed by atoms with van der Waals surface area (Å²) in [6.07, 6.45) is 0. The maximum atomic E-state index is 11.9. The van der Waals surface area contributed by atoms with Crippen molar-refractivity contribution in [3.05, 3.63) is 40.9 Å². The molecule has 0 atom stereocenters. The van der Waals surface area contributed by atoms with Gasteiger partial charge in [-0.1, -0.05) is 29.5 Å². The van der Waals surface area contributed by atoms with E-state index in [-0.39, 0.29) is 11.9 Å². The van der Waals surface area contributed by atoms with Gasteiger partial charge in [0.2, 0.25) is 0 Å². The molecule has 110 valence electrons. The van der Waals surface area contributed by atoms with Crippen LogP contribution in [0, 0.1) is 6.92 Å². The average molecular weight is 304 g/mol. The van der Waals surface area contributed by atoms with E-state index < -0.39 is 0 Å². The lowest BCUT2D eigenvalue weighted by molar-refractivity contribution is 0.0831. The van der Waals surface area contributed by atoms with Crippen LogP contribution in [0.3, 0.4) is 0 Å². The zero-order chi connectivity index (χ0) is 15.4. The third kappa shape index (κ3) is 3.79. The van der Waals surface area contributed by atoms with Gasteiger partial charge in [-0.05, 0) is 19.1 Å². The quantitative estimate of drug-likeness (QED) is 0.915. The molecule has 0 saturated heterocycles. The summed E-state index contributed by atoms with van der Waals surface area (Å²) in [5.41, 5.74) is 1.29. The molecule has 1 aromatic carbocycles. The van der Waals surface area contributed by atoms with E-state index in [1.165, 1.54) is 4.90 Å². The van der Waals surface area contributed by atoms with Gasteiger partial charge in [-0.15, -0.1) is 0 Å². The van der Waals surface area contributed by atoms with Crippen molar-refractivity contribution in [2.24, 2.45) is 0 Å². The van der Waals surface area contributed by atoms with Crippen LogP contribution >= 0.6 is 11.3 Å². The van der Waals surface area contributed by atoms with E-state index in [1.54, 1.807) is 33.2 Å². The minimum atomic E-state index is -0.390. The maximum Gasteiger partial charge on any atom is 0.325 e. The number of anilines is 2. The molecule has 3 amide bonds. The van der Waals surface area contributed by atoms with Crippen molar-refractivity contribution in [2.75, 3.05) is 24.7 Å². The smallest absolute Gasteiger partial charge is 0.325 e. The Morgan fingerprint density at radius 3 is 2.43 bits per heavy atom.